The van der Waals surface area contributed by atoms with E-state index in [1.807, 2.05) is 0 Å². The Morgan fingerprint density at radius 2 is 2.33 bits per heavy atom. The number of carbonyl (C=O) groups is 1. The number of carboxylic acid groups (broad SMARTS) is 1. The Kier molecular flexibility index (Phi) is 2.23. The van der Waals surface area contributed by atoms with E-state index in [-0.39, 0.29) is 5.82 Å². The summed E-state index contributed by atoms with van der Waals surface area (Å²) in [5.74, 6) is -1.28. The largest absolute Gasteiger partial charge is 0.481 e. The number of hydrogen-bond donors (Lipinski definition) is 2. The molecule has 0 aromatic carbocycles. The minimum absolute atomic E-state index is 0.285. The van der Waals surface area contributed by atoms with Crippen molar-refractivity contribution in [2.75, 3.05) is 5.73 Å². The summed E-state index contributed by atoms with van der Waals surface area (Å²) in [6.07, 6.45) is 1.25. The molecule has 1 aromatic heterocycles. The van der Waals surface area contributed by atoms with E-state index in [0.717, 1.165) is 0 Å². The Bertz CT molecular complexity index is 300. The first-order valence-corrected chi connectivity index (χ1v) is 3.41. The van der Waals surface area contributed by atoms with E-state index >= 15 is 0 Å². The molecule has 0 saturated heterocycles. The van der Waals surface area contributed by atoms with Crippen LogP contribution in [0.1, 0.15) is 18.5 Å². The minimum atomic E-state index is -0.923. The Morgan fingerprint density at radius 1 is 1.67 bits per heavy atom. The van der Waals surface area contributed by atoms with Gasteiger partial charge in [-0.15, -0.1) is 0 Å². The van der Waals surface area contributed by atoms with Crippen LogP contribution in [0.25, 0.3) is 0 Å². The zero-order chi connectivity index (χ0) is 9.14. The lowest BCUT2D eigenvalue weighted by Gasteiger charge is -2.04. The molecule has 0 spiro atoms. The molecule has 1 heterocycles. The van der Waals surface area contributed by atoms with Crippen molar-refractivity contribution >= 4 is 11.8 Å². The first-order chi connectivity index (χ1) is 5.61. The van der Waals surface area contributed by atoms with E-state index in [9.17, 15) is 4.79 Å². The number of carboxylic acids is 1. The molecule has 0 bridgehead atoms. The summed E-state index contributed by atoms with van der Waals surface area (Å²) in [7, 11) is 0. The number of nitrogens with two attached hydrogens (primary N) is 1. The van der Waals surface area contributed by atoms with Crippen LogP contribution in [0, 0.1) is 0 Å². The number of nitrogen functional groups attached to an aromatic ring is 1. The highest BCUT2D eigenvalue weighted by atomic mass is 16.4. The Morgan fingerprint density at radius 3 is 2.83 bits per heavy atom. The predicted molar refractivity (Wildman–Crippen MR) is 42.5 cm³/mol. The molecule has 0 aliphatic rings. The van der Waals surface area contributed by atoms with E-state index in [1.54, 1.807) is 6.92 Å². The maximum atomic E-state index is 10.5. The zero-order valence-electron chi connectivity index (χ0n) is 6.56. The van der Waals surface area contributed by atoms with Gasteiger partial charge >= 0.3 is 5.97 Å². The van der Waals surface area contributed by atoms with Crippen LogP contribution in [0.4, 0.5) is 5.82 Å². The van der Waals surface area contributed by atoms with Crippen molar-refractivity contribution in [1.82, 2.24) is 9.97 Å². The summed E-state index contributed by atoms with van der Waals surface area (Å²) in [4.78, 5) is 18.0. The maximum Gasteiger partial charge on any atom is 0.312 e. The van der Waals surface area contributed by atoms with Gasteiger partial charge in [-0.3, -0.25) is 4.79 Å². The molecule has 0 aliphatic carbocycles. The second kappa shape index (κ2) is 3.17. The topological polar surface area (TPSA) is 89.1 Å². The Balaban J connectivity index is 2.95. The van der Waals surface area contributed by atoms with Crippen LogP contribution in [-0.4, -0.2) is 21.0 Å². The van der Waals surface area contributed by atoms with E-state index in [2.05, 4.69) is 9.97 Å². The maximum absolute atomic E-state index is 10.5. The molecule has 1 unspecified atom stereocenters. The molecular formula is C7H9N3O2. The molecule has 0 radical (unpaired) electrons. The molecule has 1 rings (SSSR count). The summed E-state index contributed by atoms with van der Waals surface area (Å²) in [5.41, 5.74) is 5.78. The Hall–Kier alpha value is -1.65. The van der Waals surface area contributed by atoms with Crippen molar-refractivity contribution in [1.29, 1.82) is 0 Å². The molecular weight excluding hydrogens is 158 g/mol. The lowest BCUT2D eigenvalue weighted by atomic mass is 10.1. The molecule has 1 atom stereocenters. The normalized spacial score (nSPS) is 12.4. The van der Waals surface area contributed by atoms with E-state index in [4.69, 9.17) is 10.8 Å². The predicted octanol–water partition coefficient (Wildman–Crippen LogP) is 0.247. The number of aliphatic carboxylic acids is 1. The van der Waals surface area contributed by atoms with Gasteiger partial charge in [0.05, 0.1) is 11.6 Å². The second-order valence-corrected chi connectivity index (χ2v) is 2.43. The van der Waals surface area contributed by atoms with Crippen LogP contribution in [0.3, 0.4) is 0 Å². The highest BCUT2D eigenvalue weighted by Gasteiger charge is 2.14. The number of aromatic nitrogens is 2. The van der Waals surface area contributed by atoms with Gasteiger partial charge in [0, 0.05) is 6.07 Å². The SMILES string of the molecule is CC(C(=O)O)c1cc(N)ncn1. The first-order valence-electron chi connectivity index (χ1n) is 3.41. The van der Waals surface area contributed by atoms with E-state index in [0.29, 0.717) is 5.69 Å². The van der Waals surface area contributed by atoms with Gasteiger partial charge < -0.3 is 10.8 Å². The summed E-state index contributed by atoms with van der Waals surface area (Å²) in [6.45, 7) is 1.55. The molecule has 0 saturated carbocycles. The van der Waals surface area contributed by atoms with Crippen LogP contribution in [0.5, 0.6) is 0 Å². The van der Waals surface area contributed by atoms with Crippen molar-refractivity contribution in [3.63, 3.8) is 0 Å². The van der Waals surface area contributed by atoms with Crippen molar-refractivity contribution in [3.8, 4) is 0 Å². The van der Waals surface area contributed by atoms with Crippen molar-refractivity contribution in [3.05, 3.63) is 18.1 Å². The third-order valence-electron chi connectivity index (χ3n) is 1.52. The molecule has 5 heteroatoms. The van der Waals surface area contributed by atoms with Gasteiger partial charge in [-0.25, -0.2) is 9.97 Å². The zero-order valence-corrected chi connectivity index (χ0v) is 6.56. The third-order valence-corrected chi connectivity index (χ3v) is 1.52. The summed E-state index contributed by atoms with van der Waals surface area (Å²) in [5, 5.41) is 8.63. The summed E-state index contributed by atoms with van der Waals surface area (Å²) in [6, 6.07) is 1.46. The number of rotatable bonds is 2. The summed E-state index contributed by atoms with van der Waals surface area (Å²) < 4.78 is 0. The minimum Gasteiger partial charge on any atom is -0.481 e. The van der Waals surface area contributed by atoms with Gasteiger partial charge in [-0.1, -0.05) is 0 Å². The lowest BCUT2D eigenvalue weighted by molar-refractivity contribution is -0.138. The highest BCUT2D eigenvalue weighted by Crippen LogP contribution is 2.12. The molecule has 64 valence electrons. The van der Waals surface area contributed by atoms with Crippen LogP contribution in [0.15, 0.2) is 12.4 Å². The van der Waals surface area contributed by atoms with Gasteiger partial charge in [-0.2, -0.15) is 0 Å². The fraction of sp³-hybridized carbons (Fsp3) is 0.286. The summed E-state index contributed by atoms with van der Waals surface area (Å²) >= 11 is 0. The number of nitrogens with zero attached hydrogens (tertiary/aromatic N) is 2. The standard InChI is InChI=1S/C7H9N3O2/c1-4(7(11)12)5-2-6(8)10-3-9-5/h2-4H,1H3,(H,11,12)(H2,8,9,10). The molecule has 3 N–H and O–H groups in total. The monoisotopic (exact) mass is 167 g/mol. The van der Waals surface area contributed by atoms with E-state index in [1.165, 1.54) is 12.4 Å². The molecule has 1 aromatic rings. The molecule has 0 amide bonds. The molecule has 5 nitrogen and oxygen atoms in total. The highest BCUT2D eigenvalue weighted by molar-refractivity contribution is 5.75. The van der Waals surface area contributed by atoms with Crippen LogP contribution in [0.2, 0.25) is 0 Å². The van der Waals surface area contributed by atoms with Gasteiger partial charge in [0.25, 0.3) is 0 Å². The van der Waals surface area contributed by atoms with Gasteiger partial charge in [0.1, 0.15) is 12.1 Å². The van der Waals surface area contributed by atoms with Gasteiger partial charge in [0.2, 0.25) is 0 Å². The first kappa shape index (κ1) is 8.45. The van der Waals surface area contributed by atoms with Crippen LogP contribution < -0.4 is 5.73 Å². The van der Waals surface area contributed by atoms with Crippen LogP contribution in [-0.2, 0) is 4.79 Å². The quantitative estimate of drug-likeness (QED) is 0.658. The lowest BCUT2D eigenvalue weighted by Crippen LogP contribution is -2.09. The van der Waals surface area contributed by atoms with Crippen molar-refractivity contribution < 1.29 is 9.90 Å². The van der Waals surface area contributed by atoms with Crippen molar-refractivity contribution in [2.45, 2.75) is 12.8 Å². The third kappa shape index (κ3) is 1.69. The molecule has 12 heavy (non-hydrogen) atoms. The number of anilines is 1. The molecule has 0 fully saturated rings. The van der Waals surface area contributed by atoms with E-state index < -0.39 is 11.9 Å². The average molecular weight is 167 g/mol. The number of hydrogen-bond acceptors (Lipinski definition) is 4. The van der Waals surface area contributed by atoms with Gasteiger partial charge in [-0.05, 0) is 6.92 Å². The fourth-order valence-corrected chi connectivity index (χ4v) is 0.752. The Labute approximate surface area is 69.3 Å². The fourth-order valence-electron chi connectivity index (χ4n) is 0.752. The second-order valence-electron chi connectivity index (χ2n) is 2.43. The van der Waals surface area contributed by atoms with Crippen molar-refractivity contribution in [2.24, 2.45) is 0 Å². The smallest absolute Gasteiger partial charge is 0.312 e. The van der Waals surface area contributed by atoms with Crippen LogP contribution >= 0.6 is 0 Å². The average Bonchev–Trinajstić information content (AvgIpc) is 2.03. The molecule has 0 aliphatic heterocycles. The van der Waals surface area contributed by atoms with Gasteiger partial charge in [0.15, 0.2) is 0 Å².